The van der Waals surface area contributed by atoms with Crippen molar-refractivity contribution < 1.29 is 18.0 Å². The molecule has 0 spiro atoms. The molecule has 0 aliphatic carbocycles. The van der Waals surface area contributed by atoms with E-state index in [1.165, 1.54) is 0 Å². The van der Waals surface area contributed by atoms with Crippen LogP contribution in [0.2, 0.25) is 0 Å². The van der Waals surface area contributed by atoms with E-state index in [9.17, 15) is 4.57 Å². The molecule has 0 unspecified atom stereocenters. The number of hydrogen-bond donors (Lipinski definition) is 0. The molecule has 1 aromatic carbocycles. The molecule has 2 rings (SSSR count). The van der Waals surface area contributed by atoms with Gasteiger partial charge >= 0.3 is 7.60 Å². The zero-order valence-electron chi connectivity index (χ0n) is 10.7. The normalized spacial score (nSPS) is 12.2. The summed E-state index contributed by atoms with van der Waals surface area (Å²) >= 11 is 0. The summed E-state index contributed by atoms with van der Waals surface area (Å²) in [4.78, 5) is 4.21. The van der Waals surface area contributed by atoms with Crippen molar-refractivity contribution in [2.24, 2.45) is 0 Å². The largest absolute Gasteiger partial charge is 0.440 e. The van der Waals surface area contributed by atoms with Crippen LogP contribution in [0.25, 0.3) is 11.1 Å². The van der Waals surface area contributed by atoms with Crippen molar-refractivity contribution in [1.29, 1.82) is 0 Å². The first-order chi connectivity index (χ1) is 8.60. The van der Waals surface area contributed by atoms with Gasteiger partial charge in [-0.15, -0.1) is 0 Å². The standard InChI is InChI=1S/C12H16NO4P/c1-4-15-18(14,16-5-2)11-8-6-7-10-12(11)17-9(3)13-10/h6-8H,4-5H2,1-3H3. The zero-order valence-corrected chi connectivity index (χ0v) is 11.6. The average molecular weight is 269 g/mol. The SMILES string of the molecule is CCOP(=O)(OCC)c1cccc2nc(C)oc12. The van der Waals surface area contributed by atoms with Crippen LogP contribution in [0, 0.1) is 6.92 Å². The van der Waals surface area contributed by atoms with Crippen molar-refractivity contribution in [3.8, 4) is 0 Å². The Bertz CT molecular complexity index is 583. The van der Waals surface area contributed by atoms with Crippen molar-refractivity contribution in [3.63, 3.8) is 0 Å². The van der Waals surface area contributed by atoms with E-state index >= 15 is 0 Å². The van der Waals surface area contributed by atoms with Gasteiger partial charge in [-0.05, 0) is 26.0 Å². The van der Waals surface area contributed by atoms with Gasteiger partial charge in [0.25, 0.3) is 0 Å². The van der Waals surface area contributed by atoms with Crippen molar-refractivity contribution in [2.45, 2.75) is 20.8 Å². The maximum absolute atomic E-state index is 12.7. The van der Waals surface area contributed by atoms with E-state index in [0.717, 1.165) is 0 Å². The second kappa shape index (κ2) is 5.22. The second-order valence-corrected chi connectivity index (χ2v) is 5.68. The first kappa shape index (κ1) is 13.3. The Hall–Kier alpha value is -1.16. The van der Waals surface area contributed by atoms with E-state index in [-0.39, 0.29) is 0 Å². The highest BCUT2D eigenvalue weighted by Crippen LogP contribution is 2.48. The lowest BCUT2D eigenvalue weighted by molar-refractivity contribution is 0.230. The van der Waals surface area contributed by atoms with Crippen molar-refractivity contribution >= 4 is 24.0 Å². The molecule has 0 amide bonds. The second-order valence-electron chi connectivity index (χ2n) is 3.69. The highest BCUT2D eigenvalue weighted by Gasteiger charge is 2.30. The summed E-state index contributed by atoms with van der Waals surface area (Å²) in [5.41, 5.74) is 1.13. The van der Waals surface area contributed by atoms with Gasteiger partial charge in [0.1, 0.15) is 10.8 Å². The molecule has 0 atom stereocenters. The predicted octanol–water partition coefficient (Wildman–Crippen LogP) is 3.03. The lowest BCUT2D eigenvalue weighted by Gasteiger charge is -2.16. The Kier molecular flexibility index (Phi) is 3.85. The molecule has 0 aliphatic heterocycles. The van der Waals surface area contributed by atoms with Crippen LogP contribution >= 0.6 is 7.60 Å². The molecule has 0 radical (unpaired) electrons. The Morgan fingerprint density at radius 1 is 1.28 bits per heavy atom. The number of oxazole rings is 1. The molecule has 6 heteroatoms. The summed E-state index contributed by atoms with van der Waals surface area (Å²) in [5, 5.41) is 0.435. The van der Waals surface area contributed by atoms with Crippen molar-refractivity contribution in [2.75, 3.05) is 13.2 Å². The summed E-state index contributed by atoms with van der Waals surface area (Å²) in [5.74, 6) is 0.525. The number of fused-ring (bicyclic) bond motifs is 1. The lowest BCUT2D eigenvalue weighted by Crippen LogP contribution is -2.11. The molecule has 1 aromatic heterocycles. The molecule has 0 aliphatic rings. The molecule has 18 heavy (non-hydrogen) atoms. The highest BCUT2D eigenvalue weighted by atomic mass is 31.2. The first-order valence-corrected chi connectivity index (χ1v) is 7.41. The Morgan fingerprint density at radius 3 is 2.56 bits per heavy atom. The van der Waals surface area contributed by atoms with Crippen molar-refractivity contribution in [3.05, 3.63) is 24.1 Å². The minimum atomic E-state index is -3.34. The maximum atomic E-state index is 12.7. The monoisotopic (exact) mass is 269 g/mol. The fourth-order valence-corrected chi connectivity index (χ4v) is 3.49. The average Bonchev–Trinajstić information content (AvgIpc) is 2.69. The van der Waals surface area contributed by atoms with Gasteiger partial charge in [-0.2, -0.15) is 0 Å². The third-order valence-corrected chi connectivity index (χ3v) is 4.53. The summed E-state index contributed by atoms with van der Waals surface area (Å²) in [6.07, 6.45) is 0. The van der Waals surface area contributed by atoms with Gasteiger partial charge in [0.15, 0.2) is 11.5 Å². The van der Waals surface area contributed by atoms with Crippen LogP contribution in [0.15, 0.2) is 22.6 Å². The van der Waals surface area contributed by atoms with Crippen LogP contribution < -0.4 is 5.30 Å². The molecule has 98 valence electrons. The quantitative estimate of drug-likeness (QED) is 0.781. The van der Waals surface area contributed by atoms with Gasteiger partial charge in [0.05, 0.1) is 13.2 Å². The topological polar surface area (TPSA) is 61.6 Å². The summed E-state index contributed by atoms with van der Waals surface area (Å²) < 4.78 is 28.8. The van der Waals surface area contributed by atoms with Gasteiger partial charge < -0.3 is 13.5 Å². The number of nitrogens with zero attached hydrogens (tertiary/aromatic N) is 1. The van der Waals surface area contributed by atoms with E-state index < -0.39 is 7.60 Å². The molecular formula is C12H16NO4P. The maximum Gasteiger partial charge on any atom is 0.365 e. The number of para-hydroxylation sites is 1. The summed E-state index contributed by atoms with van der Waals surface area (Å²) in [6, 6.07) is 5.26. The number of rotatable bonds is 5. The van der Waals surface area contributed by atoms with Crippen LogP contribution in [-0.2, 0) is 13.6 Å². The van der Waals surface area contributed by atoms with Gasteiger partial charge in [0, 0.05) is 6.92 Å². The van der Waals surface area contributed by atoms with Crippen LogP contribution in [0.5, 0.6) is 0 Å². The third-order valence-electron chi connectivity index (χ3n) is 2.39. The first-order valence-electron chi connectivity index (χ1n) is 5.86. The van der Waals surface area contributed by atoms with Gasteiger partial charge in [-0.3, -0.25) is 4.57 Å². The highest BCUT2D eigenvalue weighted by molar-refractivity contribution is 7.62. The number of benzene rings is 1. The van der Waals surface area contributed by atoms with E-state index in [4.69, 9.17) is 13.5 Å². The molecule has 5 nitrogen and oxygen atoms in total. The van der Waals surface area contributed by atoms with Gasteiger partial charge in [-0.1, -0.05) is 6.07 Å². The molecule has 1 heterocycles. The third kappa shape index (κ3) is 2.34. The molecule has 0 N–H and O–H groups in total. The van der Waals surface area contributed by atoms with Gasteiger partial charge in [0.2, 0.25) is 0 Å². The molecule has 0 bridgehead atoms. The van der Waals surface area contributed by atoms with Crippen LogP contribution in [0.3, 0.4) is 0 Å². The summed E-state index contributed by atoms with van der Waals surface area (Å²) in [6.45, 7) is 5.91. The Labute approximate surface area is 106 Å². The zero-order chi connectivity index (χ0) is 13.2. The predicted molar refractivity (Wildman–Crippen MR) is 69.2 cm³/mol. The van der Waals surface area contributed by atoms with Gasteiger partial charge in [-0.25, -0.2) is 4.98 Å². The number of hydrogen-bond acceptors (Lipinski definition) is 5. The smallest absolute Gasteiger partial charge is 0.365 e. The fraction of sp³-hybridized carbons (Fsp3) is 0.417. The van der Waals surface area contributed by atoms with E-state index in [2.05, 4.69) is 4.98 Å². The number of aryl methyl sites for hydroxylation is 1. The minimum Gasteiger partial charge on any atom is -0.440 e. The molecular weight excluding hydrogens is 253 g/mol. The summed E-state index contributed by atoms with van der Waals surface area (Å²) in [7, 11) is -3.34. The van der Waals surface area contributed by atoms with Crippen LogP contribution in [0.1, 0.15) is 19.7 Å². The molecule has 2 aromatic rings. The van der Waals surface area contributed by atoms with Crippen LogP contribution in [-0.4, -0.2) is 18.2 Å². The molecule has 0 saturated carbocycles. The van der Waals surface area contributed by atoms with E-state index in [0.29, 0.717) is 35.5 Å². The fourth-order valence-electron chi connectivity index (χ4n) is 1.78. The minimum absolute atomic E-state index is 0.306. The van der Waals surface area contributed by atoms with Crippen molar-refractivity contribution in [1.82, 2.24) is 4.98 Å². The van der Waals surface area contributed by atoms with E-state index in [1.54, 1.807) is 39.0 Å². The number of aromatic nitrogens is 1. The lowest BCUT2D eigenvalue weighted by atomic mass is 10.3. The van der Waals surface area contributed by atoms with Crippen LogP contribution in [0.4, 0.5) is 0 Å². The Morgan fingerprint density at radius 2 is 1.94 bits per heavy atom. The van der Waals surface area contributed by atoms with E-state index in [1.807, 2.05) is 0 Å². The molecule has 0 saturated heterocycles. The Balaban J connectivity index is 2.60. The molecule has 0 fully saturated rings.